The fraction of sp³-hybridized carbons (Fsp3) is 0.294. The molecule has 26 heavy (non-hydrogen) atoms. The molecule has 9 heteroatoms. The number of carbonyl (C=O) groups excluding carboxylic acids is 1. The molecule has 5 nitrogen and oxygen atoms in total. The zero-order valence-corrected chi connectivity index (χ0v) is 14.1. The Kier molecular flexibility index (Phi) is 4.90. The van der Waals surface area contributed by atoms with Gasteiger partial charge in [-0.15, -0.1) is 11.3 Å². The summed E-state index contributed by atoms with van der Waals surface area (Å²) in [6.45, 7) is -3.34. The van der Waals surface area contributed by atoms with E-state index in [1.54, 1.807) is 24.3 Å². The normalized spacial score (nSPS) is 19.8. The van der Waals surface area contributed by atoms with Crippen LogP contribution < -0.4 is 4.74 Å². The van der Waals surface area contributed by atoms with E-state index in [4.69, 9.17) is 5.11 Å². The van der Waals surface area contributed by atoms with E-state index in [1.807, 2.05) is 0 Å². The van der Waals surface area contributed by atoms with Gasteiger partial charge in [-0.1, -0.05) is 0 Å². The van der Waals surface area contributed by atoms with Gasteiger partial charge in [-0.2, -0.15) is 8.78 Å². The standard InChI is InChI=1S/C17H14F3NO4S/c18-16(19)25-11-3-1-10(2-4-11)12-5-6-13(26-12)14(22)21-8-7-17(20,9-21)15(23)24/h1-6,16H,7-9H2,(H,23,24). The van der Waals surface area contributed by atoms with Crippen molar-refractivity contribution in [2.24, 2.45) is 0 Å². The second-order valence-electron chi connectivity index (χ2n) is 5.81. The third kappa shape index (κ3) is 3.67. The number of carboxylic acid groups (broad SMARTS) is 1. The Morgan fingerprint density at radius 1 is 1.19 bits per heavy atom. The third-order valence-electron chi connectivity index (χ3n) is 4.07. The predicted octanol–water partition coefficient (Wildman–Crippen LogP) is 3.66. The fourth-order valence-electron chi connectivity index (χ4n) is 2.69. The highest BCUT2D eigenvalue weighted by Crippen LogP contribution is 2.32. The van der Waals surface area contributed by atoms with E-state index in [-0.39, 0.29) is 18.7 Å². The van der Waals surface area contributed by atoms with Crippen LogP contribution in [0.25, 0.3) is 10.4 Å². The summed E-state index contributed by atoms with van der Waals surface area (Å²) in [4.78, 5) is 25.7. The highest BCUT2D eigenvalue weighted by atomic mass is 32.1. The lowest BCUT2D eigenvalue weighted by Crippen LogP contribution is -2.38. The first-order valence-electron chi connectivity index (χ1n) is 7.65. The number of likely N-dealkylation sites (tertiary alicyclic amines) is 1. The van der Waals surface area contributed by atoms with Crippen LogP contribution in [-0.2, 0) is 4.79 Å². The van der Waals surface area contributed by atoms with Crippen LogP contribution in [0.5, 0.6) is 5.75 Å². The average molecular weight is 385 g/mol. The van der Waals surface area contributed by atoms with Crippen molar-refractivity contribution in [2.45, 2.75) is 18.7 Å². The second-order valence-corrected chi connectivity index (χ2v) is 6.90. The topological polar surface area (TPSA) is 66.8 Å². The van der Waals surface area contributed by atoms with Crippen LogP contribution in [0.3, 0.4) is 0 Å². The van der Waals surface area contributed by atoms with Crippen LogP contribution in [0, 0.1) is 0 Å². The minimum absolute atomic E-state index is 0.0293. The van der Waals surface area contributed by atoms with Gasteiger partial charge < -0.3 is 14.7 Å². The molecule has 1 saturated heterocycles. The summed E-state index contributed by atoms with van der Waals surface area (Å²) in [6, 6.07) is 9.23. The number of nitrogens with zero attached hydrogens (tertiary/aromatic N) is 1. The van der Waals surface area contributed by atoms with Crippen LogP contribution in [0.15, 0.2) is 36.4 Å². The molecule has 1 aliphatic heterocycles. The quantitative estimate of drug-likeness (QED) is 0.853. The van der Waals surface area contributed by atoms with Crippen molar-refractivity contribution in [3.05, 3.63) is 41.3 Å². The van der Waals surface area contributed by atoms with Crippen LogP contribution >= 0.6 is 11.3 Å². The molecule has 1 aromatic heterocycles. The summed E-state index contributed by atoms with van der Waals surface area (Å²) < 4.78 is 42.7. The molecule has 1 amide bonds. The van der Waals surface area contributed by atoms with Gasteiger partial charge in [0.1, 0.15) is 5.75 Å². The molecule has 0 bridgehead atoms. The van der Waals surface area contributed by atoms with E-state index in [1.165, 1.54) is 17.0 Å². The van der Waals surface area contributed by atoms with E-state index in [2.05, 4.69) is 4.74 Å². The Bertz CT molecular complexity index is 824. The largest absolute Gasteiger partial charge is 0.479 e. The maximum Gasteiger partial charge on any atom is 0.387 e. The number of thiophene rings is 1. The number of benzene rings is 1. The molecule has 2 aromatic rings. The van der Waals surface area contributed by atoms with Crippen LogP contribution in [0.2, 0.25) is 0 Å². The van der Waals surface area contributed by atoms with E-state index >= 15 is 0 Å². The van der Waals surface area contributed by atoms with Crippen LogP contribution in [-0.4, -0.2) is 47.3 Å². The Balaban J connectivity index is 1.72. The first kappa shape index (κ1) is 18.2. The van der Waals surface area contributed by atoms with Gasteiger partial charge in [0.05, 0.1) is 11.4 Å². The van der Waals surface area contributed by atoms with Crippen molar-refractivity contribution in [2.75, 3.05) is 13.1 Å². The number of amides is 1. The summed E-state index contributed by atoms with van der Waals surface area (Å²) in [6.07, 6.45) is -0.238. The molecule has 1 atom stereocenters. The SMILES string of the molecule is O=C(c1ccc(-c2ccc(OC(F)F)cc2)s1)N1CCC(F)(C(=O)O)C1. The first-order chi connectivity index (χ1) is 12.3. The number of ether oxygens (including phenoxy) is 1. The van der Waals surface area contributed by atoms with Crippen molar-refractivity contribution in [3.8, 4) is 16.2 Å². The lowest BCUT2D eigenvalue weighted by atomic mass is 10.1. The molecule has 0 spiro atoms. The molecule has 0 radical (unpaired) electrons. The summed E-state index contributed by atoms with van der Waals surface area (Å²) in [7, 11) is 0. The van der Waals surface area contributed by atoms with Gasteiger partial charge in [-0.25, -0.2) is 9.18 Å². The fourth-order valence-corrected chi connectivity index (χ4v) is 3.66. The number of rotatable bonds is 5. The van der Waals surface area contributed by atoms with Crippen molar-refractivity contribution < 1.29 is 32.6 Å². The van der Waals surface area contributed by atoms with Crippen molar-refractivity contribution in [1.82, 2.24) is 4.90 Å². The molecule has 1 N–H and O–H groups in total. The molecule has 1 aromatic carbocycles. The van der Waals surface area contributed by atoms with E-state index in [0.29, 0.717) is 10.4 Å². The predicted molar refractivity (Wildman–Crippen MR) is 88.4 cm³/mol. The summed E-state index contributed by atoms with van der Waals surface area (Å²) in [5.74, 6) is -1.97. The maximum absolute atomic E-state index is 14.1. The minimum Gasteiger partial charge on any atom is -0.479 e. The summed E-state index contributed by atoms with van der Waals surface area (Å²) >= 11 is 1.16. The van der Waals surface area contributed by atoms with Crippen LogP contribution in [0.4, 0.5) is 13.2 Å². The number of halogens is 3. The second kappa shape index (κ2) is 6.99. The van der Waals surface area contributed by atoms with Crippen molar-refractivity contribution in [1.29, 1.82) is 0 Å². The lowest BCUT2D eigenvalue weighted by Gasteiger charge is -2.16. The summed E-state index contributed by atoms with van der Waals surface area (Å²) in [5.41, 5.74) is -1.70. The molecular weight excluding hydrogens is 371 g/mol. The monoisotopic (exact) mass is 385 g/mol. The van der Waals surface area contributed by atoms with E-state index in [0.717, 1.165) is 16.2 Å². The molecule has 0 aliphatic carbocycles. The number of hydrogen-bond acceptors (Lipinski definition) is 4. The van der Waals surface area contributed by atoms with Gasteiger partial charge >= 0.3 is 12.6 Å². The minimum atomic E-state index is -2.90. The highest BCUT2D eigenvalue weighted by Gasteiger charge is 2.47. The number of carbonyl (C=O) groups is 2. The zero-order chi connectivity index (χ0) is 18.9. The van der Waals surface area contributed by atoms with Gasteiger partial charge in [0, 0.05) is 17.8 Å². The van der Waals surface area contributed by atoms with E-state index in [9.17, 15) is 22.8 Å². The molecule has 1 aliphatic rings. The van der Waals surface area contributed by atoms with Gasteiger partial charge in [0.15, 0.2) is 0 Å². The maximum atomic E-state index is 14.1. The molecule has 3 rings (SSSR count). The molecule has 2 heterocycles. The first-order valence-corrected chi connectivity index (χ1v) is 8.47. The summed E-state index contributed by atoms with van der Waals surface area (Å²) in [5, 5.41) is 8.90. The Morgan fingerprint density at radius 3 is 2.46 bits per heavy atom. The Hall–Kier alpha value is -2.55. The molecular formula is C17H14F3NO4S. The molecule has 1 unspecified atom stereocenters. The molecule has 1 fully saturated rings. The van der Waals surface area contributed by atoms with Crippen LogP contribution in [0.1, 0.15) is 16.1 Å². The smallest absolute Gasteiger partial charge is 0.387 e. The number of alkyl halides is 3. The van der Waals surface area contributed by atoms with Crippen molar-refractivity contribution in [3.63, 3.8) is 0 Å². The number of aliphatic carboxylic acids is 1. The van der Waals surface area contributed by atoms with Gasteiger partial charge in [0.2, 0.25) is 5.67 Å². The van der Waals surface area contributed by atoms with Gasteiger partial charge in [-0.3, -0.25) is 4.79 Å². The number of hydrogen-bond donors (Lipinski definition) is 1. The van der Waals surface area contributed by atoms with Crippen molar-refractivity contribution >= 4 is 23.2 Å². The lowest BCUT2D eigenvalue weighted by molar-refractivity contribution is -0.149. The van der Waals surface area contributed by atoms with Gasteiger partial charge in [-0.05, 0) is 42.0 Å². The highest BCUT2D eigenvalue weighted by molar-refractivity contribution is 7.17. The average Bonchev–Trinajstić information content (AvgIpc) is 3.22. The van der Waals surface area contributed by atoms with Gasteiger partial charge in [0.25, 0.3) is 5.91 Å². The molecule has 138 valence electrons. The Labute approximate surface area is 150 Å². The zero-order valence-electron chi connectivity index (χ0n) is 13.3. The Morgan fingerprint density at radius 2 is 1.88 bits per heavy atom. The number of carboxylic acids is 1. The van der Waals surface area contributed by atoms with E-state index < -0.39 is 30.7 Å². The molecule has 0 saturated carbocycles. The third-order valence-corrected chi connectivity index (χ3v) is 5.19.